The lowest BCUT2D eigenvalue weighted by Gasteiger charge is -2.22. The number of anilines is 1. The van der Waals surface area contributed by atoms with Crippen LogP contribution < -0.4 is 4.90 Å². The smallest absolute Gasteiger partial charge is 0.301 e. The molecule has 4 aromatic rings. The lowest BCUT2D eigenvalue weighted by atomic mass is 9.95. The SMILES string of the molecule is O=C1C(=O)N(c2nnc(SCc3ccccc3Cl)s2)C(c2ccc(Cl)c(Cl)c2)/C1=C(/O)c1ccc(Br)cc1. The minimum Gasteiger partial charge on any atom is -0.507 e. The minimum atomic E-state index is -0.997. The van der Waals surface area contributed by atoms with E-state index < -0.39 is 17.7 Å². The van der Waals surface area contributed by atoms with E-state index in [2.05, 4.69) is 26.1 Å². The molecule has 192 valence electrons. The number of Topliss-reactive ketones (excluding diaryl/α,β-unsaturated/α-hetero) is 1. The fraction of sp³-hybridized carbons (Fsp3) is 0.0769. The lowest BCUT2D eigenvalue weighted by molar-refractivity contribution is -0.132. The maximum Gasteiger partial charge on any atom is 0.301 e. The molecule has 1 unspecified atom stereocenters. The van der Waals surface area contributed by atoms with E-state index in [1.807, 2.05) is 24.3 Å². The normalized spacial score (nSPS) is 16.8. The first-order chi connectivity index (χ1) is 18.2. The van der Waals surface area contributed by atoms with E-state index >= 15 is 0 Å². The molecule has 1 saturated heterocycles. The average molecular weight is 668 g/mol. The summed E-state index contributed by atoms with van der Waals surface area (Å²) < 4.78 is 1.38. The topological polar surface area (TPSA) is 83.4 Å². The Bertz CT molecular complexity index is 1590. The molecule has 5 rings (SSSR count). The van der Waals surface area contributed by atoms with Gasteiger partial charge in [0.05, 0.1) is 21.7 Å². The minimum absolute atomic E-state index is 0.0869. The molecule has 1 N–H and O–H groups in total. The molecule has 1 amide bonds. The van der Waals surface area contributed by atoms with Gasteiger partial charge >= 0.3 is 5.91 Å². The number of carbonyl (C=O) groups excluding carboxylic acids is 2. The van der Waals surface area contributed by atoms with Gasteiger partial charge in [0.15, 0.2) is 4.34 Å². The summed E-state index contributed by atoms with van der Waals surface area (Å²) in [6.07, 6.45) is 0. The van der Waals surface area contributed by atoms with Gasteiger partial charge in [0.25, 0.3) is 5.78 Å². The van der Waals surface area contributed by atoms with Crippen molar-refractivity contribution < 1.29 is 14.7 Å². The van der Waals surface area contributed by atoms with Gasteiger partial charge in [-0.05, 0) is 41.5 Å². The highest BCUT2D eigenvalue weighted by atomic mass is 79.9. The van der Waals surface area contributed by atoms with Crippen molar-refractivity contribution in [3.63, 3.8) is 0 Å². The molecule has 38 heavy (non-hydrogen) atoms. The van der Waals surface area contributed by atoms with E-state index in [-0.39, 0.29) is 21.5 Å². The van der Waals surface area contributed by atoms with Gasteiger partial charge in [-0.1, -0.05) is 110 Å². The van der Waals surface area contributed by atoms with Crippen LogP contribution in [0.2, 0.25) is 15.1 Å². The number of amides is 1. The Morgan fingerprint density at radius 3 is 2.42 bits per heavy atom. The monoisotopic (exact) mass is 665 g/mol. The second kappa shape index (κ2) is 11.4. The second-order valence-corrected chi connectivity index (χ2v) is 12.4. The Balaban J connectivity index is 1.56. The van der Waals surface area contributed by atoms with Crippen LogP contribution in [-0.4, -0.2) is 27.0 Å². The molecule has 0 radical (unpaired) electrons. The van der Waals surface area contributed by atoms with Crippen LogP contribution in [0, 0.1) is 0 Å². The molecular formula is C26H15BrCl3N3O3S2. The fourth-order valence-corrected chi connectivity index (χ4v) is 6.63. The van der Waals surface area contributed by atoms with Gasteiger partial charge in [0.1, 0.15) is 5.76 Å². The Labute approximate surface area is 249 Å². The molecule has 6 nitrogen and oxygen atoms in total. The number of aromatic nitrogens is 2. The van der Waals surface area contributed by atoms with E-state index in [1.54, 1.807) is 42.5 Å². The number of carbonyl (C=O) groups is 2. The summed E-state index contributed by atoms with van der Waals surface area (Å²) in [6, 6.07) is 18.0. The first kappa shape index (κ1) is 27.2. The maximum atomic E-state index is 13.4. The summed E-state index contributed by atoms with van der Waals surface area (Å²) in [4.78, 5) is 27.9. The summed E-state index contributed by atoms with van der Waals surface area (Å²) in [5.41, 5.74) is 1.71. The number of ketones is 1. The van der Waals surface area contributed by atoms with Gasteiger partial charge < -0.3 is 5.11 Å². The highest BCUT2D eigenvalue weighted by Crippen LogP contribution is 2.45. The van der Waals surface area contributed by atoms with Crippen molar-refractivity contribution in [3.05, 3.63) is 109 Å². The van der Waals surface area contributed by atoms with Crippen LogP contribution in [0.4, 0.5) is 5.13 Å². The Hall–Kier alpha value is -2.40. The van der Waals surface area contributed by atoms with Crippen LogP contribution in [0.3, 0.4) is 0 Å². The predicted molar refractivity (Wildman–Crippen MR) is 156 cm³/mol. The van der Waals surface area contributed by atoms with E-state index in [0.717, 1.165) is 21.4 Å². The zero-order valence-electron chi connectivity index (χ0n) is 19.1. The molecule has 1 aromatic heterocycles. The maximum absolute atomic E-state index is 13.4. The van der Waals surface area contributed by atoms with Gasteiger partial charge in [-0.3, -0.25) is 14.5 Å². The van der Waals surface area contributed by atoms with Crippen molar-refractivity contribution in [3.8, 4) is 0 Å². The summed E-state index contributed by atoms with van der Waals surface area (Å²) in [6.45, 7) is 0. The van der Waals surface area contributed by atoms with Gasteiger partial charge in [-0.25, -0.2) is 0 Å². The Morgan fingerprint density at radius 2 is 1.71 bits per heavy atom. The number of hydrogen-bond acceptors (Lipinski definition) is 7. The number of halogens is 4. The van der Waals surface area contributed by atoms with Gasteiger partial charge in [0, 0.05) is 20.8 Å². The van der Waals surface area contributed by atoms with Crippen molar-refractivity contribution >= 4 is 96.4 Å². The van der Waals surface area contributed by atoms with Crippen LogP contribution in [0.5, 0.6) is 0 Å². The second-order valence-electron chi connectivity index (χ2n) is 8.08. The number of rotatable bonds is 6. The number of aliphatic hydroxyl groups is 1. The van der Waals surface area contributed by atoms with Crippen LogP contribution in [0.15, 0.2) is 81.1 Å². The largest absolute Gasteiger partial charge is 0.507 e. The molecule has 3 aromatic carbocycles. The zero-order valence-corrected chi connectivity index (χ0v) is 24.6. The molecule has 0 bridgehead atoms. The van der Waals surface area contributed by atoms with Crippen LogP contribution in [0.25, 0.3) is 5.76 Å². The molecule has 0 aliphatic carbocycles. The Kier molecular flexibility index (Phi) is 8.14. The molecule has 12 heteroatoms. The predicted octanol–water partition coefficient (Wildman–Crippen LogP) is 8.18. The standard InChI is InChI=1S/C26H15BrCl3N3O3S2/c27-16-8-5-13(6-9-16)22(34)20-21(14-7-10-18(29)19(30)11-14)33(24(36)23(20)35)25-31-32-26(38-25)37-12-15-3-1-2-4-17(15)28/h1-11,21,34H,12H2/b22-20-. The third-order valence-corrected chi connectivity index (χ3v) is 9.47. The molecular weight excluding hydrogens is 653 g/mol. The molecule has 0 spiro atoms. The molecule has 1 fully saturated rings. The van der Waals surface area contributed by atoms with E-state index in [9.17, 15) is 14.7 Å². The number of hydrogen-bond donors (Lipinski definition) is 1. The van der Waals surface area contributed by atoms with Crippen molar-refractivity contribution in [2.75, 3.05) is 4.90 Å². The third-order valence-electron chi connectivity index (χ3n) is 5.73. The van der Waals surface area contributed by atoms with E-state index in [0.29, 0.717) is 31.3 Å². The van der Waals surface area contributed by atoms with Gasteiger partial charge in [-0.15, -0.1) is 10.2 Å². The summed E-state index contributed by atoms with van der Waals surface area (Å²) in [7, 11) is 0. The van der Waals surface area contributed by atoms with Crippen LogP contribution in [0.1, 0.15) is 22.7 Å². The van der Waals surface area contributed by atoms with Crippen LogP contribution >= 0.6 is 73.8 Å². The lowest BCUT2D eigenvalue weighted by Crippen LogP contribution is -2.29. The number of benzene rings is 3. The summed E-state index contributed by atoms with van der Waals surface area (Å²) in [5, 5.41) is 21.0. The molecule has 1 aliphatic rings. The van der Waals surface area contributed by atoms with E-state index in [1.165, 1.54) is 16.7 Å². The zero-order chi connectivity index (χ0) is 27.0. The van der Waals surface area contributed by atoms with Crippen molar-refractivity contribution in [1.82, 2.24) is 10.2 Å². The first-order valence-corrected chi connectivity index (χ1v) is 14.7. The molecule has 0 saturated carbocycles. The van der Waals surface area contributed by atoms with E-state index in [4.69, 9.17) is 34.8 Å². The average Bonchev–Trinajstić information content (AvgIpc) is 3.47. The molecule has 2 heterocycles. The quantitative estimate of drug-likeness (QED) is 0.0735. The number of nitrogens with zero attached hydrogens (tertiary/aromatic N) is 3. The molecule has 1 aliphatic heterocycles. The summed E-state index contributed by atoms with van der Waals surface area (Å²) >= 11 is 24.6. The number of aliphatic hydroxyl groups excluding tert-OH is 1. The van der Waals surface area contributed by atoms with Gasteiger partial charge in [-0.2, -0.15) is 0 Å². The van der Waals surface area contributed by atoms with Crippen LogP contribution in [-0.2, 0) is 15.3 Å². The first-order valence-electron chi connectivity index (χ1n) is 11.0. The third kappa shape index (κ3) is 5.36. The van der Waals surface area contributed by atoms with Gasteiger partial charge in [0.2, 0.25) is 5.13 Å². The number of thioether (sulfide) groups is 1. The van der Waals surface area contributed by atoms with Crippen molar-refractivity contribution in [1.29, 1.82) is 0 Å². The van der Waals surface area contributed by atoms with Crippen molar-refractivity contribution in [2.45, 2.75) is 16.1 Å². The Morgan fingerprint density at radius 1 is 0.974 bits per heavy atom. The highest BCUT2D eigenvalue weighted by molar-refractivity contribution is 9.10. The highest BCUT2D eigenvalue weighted by Gasteiger charge is 2.48. The molecule has 1 atom stereocenters. The van der Waals surface area contributed by atoms with Crippen molar-refractivity contribution in [2.24, 2.45) is 0 Å². The fourth-order valence-electron chi connectivity index (χ4n) is 3.90. The summed E-state index contributed by atoms with van der Waals surface area (Å²) in [5.74, 6) is -1.44.